The van der Waals surface area contributed by atoms with E-state index >= 15 is 0 Å². The van der Waals surface area contributed by atoms with Gasteiger partial charge in [-0.1, -0.05) is 72.8 Å². The van der Waals surface area contributed by atoms with Crippen molar-refractivity contribution in [2.75, 3.05) is 0 Å². The lowest BCUT2D eigenvalue weighted by Crippen LogP contribution is -2.36. The minimum atomic E-state index is -0.939. The zero-order valence-corrected chi connectivity index (χ0v) is 13.4. The van der Waals surface area contributed by atoms with Crippen LogP contribution in [0.5, 0.6) is 0 Å². The smallest absolute Gasteiger partial charge is 0.205 e. The molecule has 1 heterocycles. The standard InChI is InChI=1S/C21H16FN3/c22-19-13-11-18(12-14-19)21(17-9-5-2-6-10-17)24-15-23-20(25-21)16-7-3-1-4-8-16/h1-15H,(H,23,24,25). The van der Waals surface area contributed by atoms with Crippen LogP contribution in [0.3, 0.4) is 0 Å². The van der Waals surface area contributed by atoms with Crippen LogP contribution in [0.2, 0.25) is 0 Å². The van der Waals surface area contributed by atoms with Crippen molar-refractivity contribution in [3.05, 3.63) is 107 Å². The summed E-state index contributed by atoms with van der Waals surface area (Å²) in [7, 11) is 0. The fourth-order valence-corrected chi connectivity index (χ4v) is 2.95. The molecule has 4 rings (SSSR count). The summed E-state index contributed by atoms with van der Waals surface area (Å²) in [5, 5.41) is 3.13. The van der Waals surface area contributed by atoms with Crippen LogP contribution in [0.25, 0.3) is 0 Å². The second kappa shape index (κ2) is 6.32. The molecule has 0 amide bonds. The number of rotatable bonds is 3. The number of nitrogens with one attached hydrogen (secondary N) is 1. The fraction of sp³-hybridized carbons (Fsp3) is 0.0476. The Balaban J connectivity index is 1.92. The van der Waals surface area contributed by atoms with Crippen LogP contribution in [-0.2, 0) is 5.66 Å². The van der Waals surface area contributed by atoms with E-state index in [4.69, 9.17) is 4.99 Å². The third-order valence-corrected chi connectivity index (χ3v) is 4.20. The van der Waals surface area contributed by atoms with E-state index in [1.54, 1.807) is 18.5 Å². The van der Waals surface area contributed by atoms with Gasteiger partial charge in [-0.2, -0.15) is 0 Å². The van der Waals surface area contributed by atoms with Crippen molar-refractivity contribution in [1.82, 2.24) is 5.32 Å². The van der Waals surface area contributed by atoms with Gasteiger partial charge in [-0.25, -0.2) is 14.4 Å². The molecule has 0 spiro atoms. The van der Waals surface area contributed by atoms with Crippen LogP contribution in [0.15, 0.2) is 94.9 Å². The minimum Gasteiger partial charge on any atom is -0.331 e. The second-order valence-corrected chi connectivity index (χ2v) is 5.77. The lowest BCUT2D eigenvalue weighted by molar-refractivity contribution is 0.562. The molecule has 1 N–H and O–H groups in total. The first-order chi connectivity index (χ1) is 12.3. The van der Waals surface area contributed by atoms with Crippen molar-refractivity contribution in [3.8, 4) is 0 Å². The number of nitrogens with zero attached hydrogens (tertiary/aromatic N) is 2. The number of halogens is 1. The highest BCUT2D eigenvalue weighted by molar-refractivity contribution is 6.05. The first-order valence-electron chi connectivity index (χ1n) is 8.05. The number of aliphatic imine (C=N–C) groups is 2. The van der Waals surface area contributed by atoms with Crippen LogP contribution in [-0.4, -0.2) is 12.2 Å². The lowest BCUT2D eigenvalue weighted by Gasteiger charge is -2.30. The van der Waals surface area contributed by atoms with Gasteiger partial charge in [0.2, 0.25) is 5.66 Å². The van der Waals surface area contributed by atoms with Gasteiger partial charge in [-0.3, -0.25) is 0 Å². The monoisotopic (exact) mass is 329 g/mol. The molecule has 3 nitrogen and oxygen atoms in total. The number of amidine groups is 1. The maximum absolute atomic E-state index is 13.4. The topological polar surface area (TPSA) is 36.8 Å². The summed E-state index contributed by atoms with van der Waals surface area (Å²) in [6.07, 6.45) is 1.66. The quantitative estimate of drug-likeness (QED) is 0.771. The predicted octanol–water partition coefficient (Wildman–Crippen LogP) is 4.11. The third-order valence-electron chi connectivity index (χ3n) is 4.20. The zero-order chi connectivity index (χ0) is 17.1. The summed E-state index contributed by atoms with van der Waals surface area (Å²) in [4.78, 5) is 9.60. The molecular weight excluding hydrogens is 313 g/mol. The Morgan fingerprint density at radius 3 is 2.00 bits per heavy atom. The molecule has 3 aromatic carbocycles. The van der Waals surface area contributed by atoms with E-state index in [9.17, 15) is 4.39 Å². The Bertz CT molecular complexity index is 918. The molecule has 122 valence electrons. The molecule has 0 saturated carbocycles. The van der Waals surface area contributed by atoms with Crippen LogP contribution >= 0.6 is 0 Å². The summed E-state index contributed by atoms with van der Waals surface area (Å²) in [6, 6.07) is 26.1. The van der Waals surface area contributed by atoms with Gasteiger partial charge in [0.15, 0.2) is 0 Å². The van der Waals surface area contributed by atoms with Gasteiger partial charge in [0.1, 0.15) is 11.7 Å². The minimum absolute atomic E-state index is 0.280. The lowest BCUT2D eigenvalue weighted by atomic mass is 9.91. The highest BCUT2D eigenvalue weighted by Gasteiger charge is 2.35. The van der Waals surface area contributed by atoms with E-state index in [-0.39, 0.29) is 5.82 Å². The first-order valence-corrected chi connectivity index (χ1v) is 8.05. The summed E-state index contributed by atoms with van der Waals surface area (Å²) in [5.74, 6) is 0.445. The molecule has 3 aromatic rings. The third kappa shape index (κ3) is 2.83. The van der Waals surface area contributed by atoms with E-state index in [2.05, 4.69) is 10.3 Å². The Hall–Kier alpha value is -3.27. The van der Waals surface area contributed by atoms with E-state index < -0.39 is 5.66 Å². The Kier molecular flexibility index (Phi) is 3.86. The number of benzene rings is 3. The molecule has 0 bridgehead atoms. The van der Waals surface area contributed by atoms with Gasteiger partial charge in [0.05, 0.1) is 6.34 Å². The van der Waals surface area contributed by atoms with Crippen molar-refractivity contribution < 1.29 is 4.39 Å². The fourth-order valence-electron chi connectivity index (χ4n) is 2.95. The second-order valence-electron chi connectivity index (χ2n) is 5.77. The highest BCUT2D eigenvalue weighted by Crippen LogP contribution is 2.36. The van der Waals surface area contributed by atoms with Crippen LogP contribution in [0.1, 0.15) is 16.7 Å². The van der Waals surface area contributed by atoms with E-state index in [0.717, 1.165) is 22.5 Å². The molecule has 0 radical (unpaired) electrons. The number of hydrogen-bond donors (Lipinski definition) is 1. The molecule has 4 heteroatoms. The van der Waals surface area contributed by atoms with E-state index in [0.29, 0.717) is 0 Å². The molecule has 0 saturated heterocycles. The van der Waals surface area contributed by atoms with Gasteiger partial charge < -0.3 is 5.32 Å². The molecule has 0 aliphatic carbocycles. The van der Waals surface area contributed by atoms with Crippen LogP contribution in [0.4, 0.5) is 4.39 Å². The van der Waals surface area contributed by atoms with E-state index in [1.165, 1.54) is 12.1 Å². The molecule has 0 fully saturated rings. The van der Waals surface area contributed by atoms with Gasteiger partial charge in [-0.15, -0.1) is 0 Å². The van der Waals surface area contributed by atoms with Crippen molar-refractivity contribution in [3.63, 3.8) is 0 Å². The molecular formula is C21H16FN3. The van der Waals surface area contributed by atoms with Crippen molar-refractivity contribution >= 4 is 12.2 Å². The van der Waals surface area contributed by atoms with E-state index in [1.807, 2.05) is 60.7 Å². The summed E-state index contributed by atoms with van der Waals surface area (Å²) in [5.41, 5.74) is 1.76. The molecule has 25 heavy (non-hydrogen) atoms. The van der Waals surface area contributed by atoms with Gasteiger partial charge in [0.25, 0.3) is 0 Å². The number of hydrogen-bond acceptors (Lipinski definition) is 3. The average Bonchev–Trinajstić information content (AvgIpc) is 2.70. The van der Waals surface area contributed by atoms with Crippen LogP contribution in [0, 0.1) is 5.82 Å². The largest absolute Gasteiger partial charge is 0.331 e. The van der Waals surface area contributed by atoms with Crippen molar-refractivity contribution in [2.24, 2.45) is 9.98 Å². The van der Waals surface area contributed by atoms with Gasteiger partial charge >= 0.3 is 0 Å². The molecule has 1 aliphatic heterocycles. The Morgan fingerprint density at radius 2 is 1.32 bits per heavy atom. The molecule has 1 aliphatic rings. The normalized spacial score (nSPS) is 19.2. The van der Waals surface area contributed by atoms with Crippen molar-refractivity contribution in [1.29, 1.82) is 0 Å². The maximum atomic E-state index is 13.4. The summed E-state index contributed by atoms with van der Waals surface area (Å²) >= 11 is 0. The highest BCUT2D eigenvalue weighted by atomic mass is 19.1. The average molecular weight is 329 g/mol. The summed E-state index contributed by atoms with van der Waals surface area (Å²) in [6.45, 7) is 0. The Morgan fingerprint density at radius 1 is 0.720 bits per heavy atom. The van der Waals surface area contributed by atoms with Gasteiger partial charge in [-0.05, 0) is 12.1 Å². The molecule has 1 atom stereocenters. The molecule has 1 unspecified atom stereocenters. The maximum Gasteiger partial charge on any atom is 0.205 e. The van der Waals surface area contributed by atoms with Crippen LogP contribution < -0.4 is 5.32 Å². The van der Waals surface area contributed by atoms with Crippen molar-refractivity contribution in [2.45, 2.75) is 5.66 Å². The molecule has 0 aromatic heterocycles. The Labute approximate surface area is 145 Å². The first kappa shape index (κ1) is 15.3. The zero-order valence-electron chi connectivity index (χ0n) is 13.4. The summed E-state index contributed by atoms with van der Waals surface area (Å²) < 4.78 is 13.4. The predicted molar refractivity (Wildman–Crippen MR) is 98.2 cm³/mol. The SMILES string of the molecule is Fc1ccc(C2(c3ccccc3)N=CNC(c3ccccc3)=N2)cc1. The van der Waals surface area contributed by atoms with Gasteiger partial charge in [0, 0.05) is 16.7 Å².